The number of H-pyrrole nitrogens is 1. The molecule has 0 saturated carbocycles. The molecule has 0 amide bonds. The topological polar surface area (TPSA) is 53.9 Å². The fourth-order valence-corrected chi connectivity index (χ4v) is 0.384. The first-order valence-electron chi connectivity index (χ1n) is 2.28. The van der Waals surface area contributed by atoms with Crippen LogP contribution >= 0.6 is 0 Å². The molecule has 0 atom stereocenters. The van der Waals surface area contributed by atoms with E-state index >= 15 is 0 Å². The van der Waals surface area contributed by atoms with E-state index in [1.54, 1.807) is 6.21 Å². The number of aromatic nitrogens is 3. The monoisotopic (exact) mass is 110 g/mol. The van der Waals surface area contributed by atoms with E-state index in [2.05, 4.69) is 20.2 Å². The maximum absolute atomic E-state index is 3.81. The first-order valence-corrected chi connectivity index (χ1v) is 2.28. The van der Waals surface area contributed by atoms with Crippen LogP contribution in [0, 0.1) is 0 Å². The predicted molar refractivity (Wildman–Crippen MR) is 30.2 cm³/mol. The quantitative estimate of drug-likeness (QED) is 0.536. The Kier molecular flexibility index (Phi) is 1.37. The zero-order valence-electron chi connectivity index (χ0n) is 4.50. The van der Waals surface area contributed by atoms with Gasteiger partial charge in [0.15, 0.2) is 0 Å². The molecule has 0 aliphatic heterocycles. The van der Waals surface area contributed by atoms with Crippen molar-refractivity contribution in [3.63, 3.8) is 0 Å². The lowest BCUT2D eigenvalue weighted by Crippen LogP contribution is -1.65. The summed E-state index contributed by atoms with van der Waals surface area (Å²) in [6.45, 7) is 1.82. The Labute approximate surface area is 46.7 Å². The zero-order valence-corrected chi connectivity index (χ0v) is 4.50. The maximum atomic E-state index is 3.81. The second-order valence-electron chi connectivity index (χ2n) is 1.20. The van der Waals surface area contributed by atoms with Crippen molar-refractivity contribution in [2.24, 2.45) is 4.99 Å². The summed E-state index contributed by atoms with van der Waals surface area (Å²) in [6.07, 6.45) is 3.14. The van der Waals surface area contributed by atoms with Gasteiger partial charge in [0.05, 0.1) is 0 Å². The summed E-state index contributed by atoms with van der Waals surface area (Å²) in [5.41, 5.74) is 0. The Morgan fingerprint density at radius 3 is 3.25 bits per heavy atom. The van der Waals surface area contributed by atoms with Crippen LogP contribution in [0.4, 0.5) is 5.95 Å². The molecule has 8 heavy (non-hydrogen) atoms. The highest BCUT2D eigenvalue weighted by molar-refractivity contribution is 5.56. The highest BCUT2D eigenvalue weighted by atomic mass is 15.2. The summed E-state index contributed by atoms with van der Waals surface area (Å²) >= 11 is 0. The number of nitrogens with one attached hydrogen (secondary N) is 1. The van der Waals surface area contributed by atoms with Gasteiger partial charge in [0, 0.05) is 6.21 Å². The molecule has 1 heterocycles. The van der Waals surface area contributed by atoms with Gasteiger partial charge in [-0.3, -0.25) is 0 Å². The average molecular weight is 110 g/mol. The van der Waals surface area contributed by atoms with Gasteiger partial charge < -0.3 is 4.98 Å². The number of aromatic amines is 1. The maximum Gasteiger partial charge on any atom is 0.247 e. The van der Waals surface area contributed by atoms with E-state index in [1.807, 2.05) is 6.92 Å². The molecule has 42 valence electrons. The first-order chi connectivity index (χ1) is 3.93. The Hall–Kier alpha value is -1.19. The van der Waals surface area contributed by atoms with Gasteiger partial charge in [0.2, 0.25) is 5.95 Å². The highest BCUT2D eigenvalue weighted by Gasteiger charge is 1.83. The Bertz CT molecular complexity index is 164. The van der Waals surface area contributed by atoms with Crippen LogP contribution in [0.25, 0.3) is 0 Å². The number of nitrogens with zero attached hydrogens (tertiary/aromatic N) is 3. The van der Waals surface area contributed by atoms with Crippen LogP contribution in [0.1, 0.15) is 6.92 Å². The molecule has 0 unspecified atom stereocenters. The molecule has 0 aliphatic carbocycles. The second kappa shape index (κ2) is 2.20. The van der Waals surface area contributed by atoms with E-state index in [4.69, 9.17) is 0 Å². The molecule has 4 nitrogen and oxygen atoms in total. The first kappa shape index (κ1) is 4.96. The van der Waals surface area contributed by atoms with Gasteiger partial charge in [-0.1, -0.05) is 0 Å². The van der Waals surface area contributed by atoms with Gasteiger partial charge in [0.1, 0.15) is 6.33 Å². The summed E-state index contributed by atoms with van der Waals surface area (Å²) in [5, 5.41) is 7.12. The number of hydrogen-bond donors (Lipinski definition) is 1. The molecule has 4 heteroatoms. The molecule has 1 rings (SSSR count). The molecule has 0 saturated heterocycles. The summed E-state index contributed by atoms with van der Waals surface area (Å²) in [7, 11) is 0. The Balaban J connectivity index is 2.77. The van der Waals surface area contributed by atoms with Crippen LogP contribution in [0.5, 0.6) is 0 Å². The molecule has 1 aromatic rings. The van der Waals surface area contributed by atoms with Gasteiger partial charge in [-0.15, -0.1) is 10.2 Å². The minimum atomic E-state index is 0.549. The standard InChI is InChI=1S/C4H6N4/c1-2-5-4-6-3-7-8-4/h2-3H,1H3,(H,6,7,8)/b5-2+. The minimum absolute atomic E-state index is 0.549. The lowest BCUT2D eigenvalue weighted by atomic mass is 10.9. The predicted octanol–water partition coefficient (Wildman–Crippen LogP) is 0.527. The van der Waals surface area contributed by atoms with Crippen molar-refractivity contribution in [2.45, 2.75) is 6.92 Å². The average Bonchev–Trinajstić information content (AvgIpc) is 2.19. The van der Waals surface area contributed by atoms with E-state index in [9.17, 15) is 0 Å². The lowest BCUT2D eigenvalue weighted by Gasteiger charge is -1.74. The third-order valence-electron chi connectivity index (χ3n) is 0.655. The number of rotatable bonds is 1. The van der Waals surface area contributed by atoms with E-state index in [1.165, 1.54) is 6.33 Å². The van der Waals surface area contributed by atoms with Gasteiger partial charge in [-0.2, -0.15) is 0 Å². The van der Waals surface area contributed by atoms with Crippen molar-refractivity contribution in [1.29, 1.82) is 0 Å². The number of aliphatic imine (C=N–C) groups is 1. The van der Waals surface area contributed by atoms with Crippen molar-refractivity contribution in [3.05, 3.63) is 6.33 Å². The summed E-state index contributed by atoms with van der Waals surface area (Å²) < 4.78 is 0. The van der Waals surface area contributed by atoms with Crippen LogP contribution in [-0.4, -0.2) is 21.4 Å². The van der Waals surface area contributed by atoms with Gasteiger partial charge >= 0.3 is 0 Å². The SMILES string of the molecule is C/C=N/c1nnc[nH]1. The Morgan fingerprint density at radius 2 is 2.75 bits per heavy atom. The van der Waals surface area contributed by atoms with E-state index in [0.717, 1.165) is 0 Å². The van der Waals surface area contributed by atoms with Crippen molar-refractivity contribution >= 4 is 12.2 Å². The largest absolute Gasteiger partial charge is 0.312 e. The lowest BCUT2D eigenvalue weighted by molar-refractivity contribution is 1.08. The molecule has 1 aromatic heterocycles. The van der Waals surface area contributed by atoms with Crippen LogP contribution < -0.4 is 0 Å². The molecule has 0 fully saturated rings. The zero-order chi connectivity index (χ0) is 5.82. The molecule has 0 aliphatic rings. The second-order valence-corrected chi connectivity index (χ2v) is 1.20. The normalized spacial score (nSPS) is 10.6. The van der Waals surface area contributed by atoms with Crippen LogP contribution in [0.15, 0.2) is 11.3 Å². The van der Waals surface area contributed by atoms with Crippen LogP contribution in [0.2, 0.25) is 0 Å². The van der Waals surface area contributed by atoms with Gasteiger partial charge in [-0.25, -0.2) is 4.99 Å². The summed E-state index contributed by atoms with van der Waals surface area (Å²) in [5.74, 6) is 0.549. The molecule has 0 spiro atoms. The smallest absolute Gasteiger partial charge is 0.247 e. The van der Waals surface area contributed by atoms with Crippen molar-refractivity contribution in [1.82, 2.24) is 15.2 Å². The van der Waals surface area contributed by atoms with Crippen molar-refractivity contribution in [3.8, 4) is 0 Å². The van der Waals surface area contributed by atoms with Crippen LogP contribution in [-0.2, 0) is 0 Å². The third-order valence-corrected chi connectivity index (χ3v) is 0.655. The molecule has 0 radical (unpaired) electrons. The van der Waals surface area contributed by atoms with Crippen LogP contribution in [0.3, 0.4) is 0 Å². The third kappa shape index (κ3) is 0.900. The van der Waals surface area contributed by atoms with E-state index in [0.29, 0.717) is 5.95 Å². The van der Waals surface area contributed by atoms with Crippen molar-refractivity contribution < 1.29 is 0 Å². The fourth-order valence-electron chi connectivity index (χ4n) is 0.384. The van der Waals surface area contributed by atoms with Gasteiger partial charge in [0.25, 0.3) is 0 Å². The highest BCUT2D eigenvalue weighted by Crippen LogP contribution is 1.94. The molecular formula is C4H6N4. The minimum Gasteiger partial charge on any atom is -0.312 e. The Morgan fingerprint density at radius 1 is 1.88 bits per heavy atom. The molecular weight excluding hydrogens is 104 g/mol. The molecule has 1 N–H and O–H groups in total. The summed E-state index contributed by atoms with van der Waals surface area (Å²) in [6, 6.07) is 0. The van der Waals surface area contributed by atoms with Crippen molar-refractivity contribution in [2.75, 3.05) is 0 Å². The van der Waals surface area contributed by atoms with Gasteiger partial charge in [-0.05, 0) is 6.92 Å². The molecule has 0 bridgehead atoms. The fraction of sp³-hybridized carbons (Fsp3) is 0.250. The van der Waals surface area contributed by atoms with E-state index in [-0.39, 0.29) is 0 Å². The van der Waals surface area contributed by atoms with E-state index < -0.39 is 0 Å². The molecule has 0 aromatic carbocycles. The summed E-state index contributed by atoms with van der Waals surface area (Å²) in [4.78, 5) is 6.53. The number of hydrogen-bond acceptors (Lipinski definition) is 3.